The van der Waals surface area contributed by atoms with Gasteiger partial charge in [0, 0.05) is 17.5 Å². The number of para-hydroxylation sites is 1. The Bertz CT molecular complexity index is 940. The second kappa shape index (κ2) is 6.25. The number of fused-ring (bicyclic) bond motifs is 2. The number of carbonyl (C=O) groups excluding carboxylic acids is 1. The van der Waals surface area contributed by atoms with Gasteiger partial charge in [-0.25, -0.2) is 9.78 Å². The maximum absolute atomic E-state index is 13.4. The van der Waals surface area contributed by atoms with Gasteiger partial charge in [0.15, 0.2) is 0 Å². The van der Waals surface area contributed by atoms with Gasteiger partial charge in [0.2, 0.25) is 0 Å². The van der Waals surface area contributed by atoms with Gasteiger partial charge in [0.05, 0.1) is 17.1 Å². The van der Waals surface area contributed by atoms with Crippen LogP contribution in [0.4, 0.5) is 31.1 Å². The van der Waals surface area contributed by atoms with Gasteiger partial charge in [-0.2, -0.15) is 26.3 Å². The van der Waals surface area contributed by atoms with Gasteiger partial charge in [0.1, 0.15) is 11.8 Å². The highest BCUT2D eigenvalue weighted by atomic mass is 19.4. The Hall–Kier alpha value is -2.52. The molecule has 1 amide bonds. The normalized spacial score (nSPS) is 23.1. The highest BCUT2D eigenvalue weighted by molar-refractivity contribution is 5.87. The van der Waals surface area contributed by atoms with Crippen LogP contribution in [0.1, 0.15) is 42.2 Å². The van der Waals surface area contributed by atoms with E-state index in [1.54, 1.807) is 0 Å². The highest BCUT2D eigenvalue weighted by Crippen LogP contribution is 2.44. The van der Waals surface area contributed by atoms with E-state index < -0.39 is 47.4 Å². The van der Waals surface area contributed by atoms with Crippen LogP contribution in [-0.4, -0.2) is 28.6 Å². The highest BCUT2D eigenvalue weighted by Gasteiger charge is 2.46. The second-order valence-corrected chi connectivity index (χ2v) is 6.85. The predicted molar refractivity (Wildman–Crippen MR) is 85.3 cm³/mol. The Morgan fingerprint density at radius 2 is 1.82 bits per heavy atom. The molecule has 150 valence electrons. The first-order valence-corrected chi connectivity index (χ1v) is 8.62. The molecule has 0 radical (unpaired) electrons. The van der Waals surface area contributed by atoms with Gasteiger partial charge in [-0.1, -0.05) is 12.1 Å². The lowest BCUT2D eigenvalue weighted by molar-refractivity contribution is -0.142. The molecule has 1 aromatic carbocycles. The van der Waals surface area contributed by atoms with Crippen LogP contribution in [0.5, 0.6) is 0 Å². The van der Waals surface area contributed by atoms with Crippen molar-refractivity contribution >= 4 is 17.0 Å². The third-order valence-corrected chi connectivity index (χ3v) is 5.13. The summed E-state index contributed by atoms with van der Waals surface area (Å²) in [5, 5.41) is -0.104. The fraction of sp³-hybridized carbons (Fsp3) is 0.444. The van der Waals surface area contributed by atoms with E-state index in [0.717, 1.165) is 18.9 Å². The zero-order chi connectivity index (χ0) is 20.3. The zero-order valence-electron chi connectivity index (χ0n) is 14.3. The van der Waals surface area contributed by atoms with Gasteiger partial charge in [0.25, 0.3) is 0 Å². The van der Waals surface area contributed by atoms with E-state index in [2.05, 4.69) is 4.98 Å². The molecule has 2 saturated heterocycles. The lowest BCUT2D eigenvalue weighted by atomic mass is 9.91. The maximum Gasteiger partial charge on any atom is 0.433 e. The Morgan fingerprint density at radius 3 is 2.50 bits per heavy atom. The summed E-state index contributed by atoms with van der Waals surface area (Å²) in [5.74, 6) is 0. The number of carbonyl (C=O) groups is 1. The van der Waals surface area contributed by atoms with Gasteiger partial charge in [-0.05, 0) is 31.4 Å². The van der Waals surface area contributed by atoms with Crippen LogP contribution < -0.4 is 0 Å². The molecule has 10 heteroatoms. The zero-order valence-corrected chi connectivity index (χ0v) is 14.3. The monoisotopic (exact) mass is 404 g/mol. The van der Waals surface area contributed by atoms with E-state index >= 15 is 0 Å². The fourth-order valence-electron chi connectivity index (χ4n) is 3.91. The van der Waals surface area contributed by atoms with Gasteiger partial charge < -0.3 is 9.64 Å². The first kappa shape index (κ1) is 18.8. The van der Waals surface area contributed by atoms with E-state index in [1.807, 2.05) is 0 Å². The number of cyclic esters (lactones) is 1. The number of rotatable bonds is 1. The van der Waals surface area contributed by atoms with Crippen LogP contribution in [0.2, 0.25) is 0 Å². The third kappa shape index (κ3) is 3.04. The summed E-state index contributed by atoms with van der Waals surface area (Å²) >= 11 is 0. The minimum Gasteiger partial charge on any atom is -0.439 e. The molecule has 0 N–H and O–H groups in total. The molecule has 2 fully saturated rings. The number of alkyl halides is 6. The van der Waals surface area contributed by atoms with E-state index in [0.29, 0.717) is 25.1 Å². The molecule has 0 aliphatic carbocycles. The molecule has 0 spiro atoms. The number of halogens is 6. The van der Waals surface area contributed by atoms with Crippen LogP contribution >= 0.6 is 0 Å². The number of nitrogens with zero attached hydrogens (tertiary/aromatic N) is 2. The molecular formula is C18H14F6N2O2. The van der Waals surface area contributed by atoms with Crippen molar-refractivity contribution in [3.63, 3.8) is 0 Å². The molecule has 0 bridgehead atoms. The number of hydrogen-bond donors (Lipinski definition) is 0. The third-order valence-electron chi connectivity index (χ3n) is 5.13. The molecule has 3 heterocycles. The smallest absolute Gasteiger partial charge is 0.433 e. The van der Waals surface area contributed by atoms with Crippen molar-refractivity contribution in [3.8, 4) is 0 Å². The number of benzene rings is 1. The van der Waals surface area contributed by atoms with Crippen LogP contribution in [-0.2, 0) is 17.1 Å². The average molecular weight is 404 g/mol. The molecular weight excluding hydrogens is 390 g/mol. The van der Waals surface area contributed by atoms with Crippen molar-refractivity contribution in [1.29, 1.82) is 0 Å². The second-order valence-electron chi connectivity index (χ2n) is 6.85. The first-order valence-electron chi connectivity index (χ1n) is 8.62. The van der Waals surface area contributed by atoms with Gasteiger partial charge in [-0.3, -0.25) is 0 Å². The number of hydrogen-bond acceptors (Lipinski definition) is 3. The van der Waals surface area contributed by atoms with Crippen molar-refractivity contribution in [3.05, 3.63) is 41.1 Å². The lowest BCUT2D eigenvalue weighted by Crippen LogP contribution is -2.38. The minimum absolute atomic E-state index is 0.104. The minimum atomic E-state index is -4.95. The molecule has 4 nitrogen and oxygen atoms in total. The summed E-state index contributed by atoms with van der Waals surface area (Å²) in [6, 6.07) is 3.25. The molecule has 4 rings (SSSR count). The molecule has 2 aliphatic heterocycles. The maximum atomic E-state index is 13.4. The van der Waals surface area contributed by atoms with Crippen LogP contribution in [0, 0.1) is 0 Å². The Balaban J connectivity index is 1.96. The van der Waals surface area contributed by atoms with Crippen LogP contribution in [0.3, 0.4) is 0 Å². The summed E-state index contributed by atoms with van der Waals surface area (Å²) in [5.41, 5.74) is -3.62. The summed E-state index contributed by atoms with van der Waals surface area (Å²) in [6.07, 6.45) is -9.59. The largest absolute Gasteiger partial charge is 0.439 e. The van der Waals surface area contributed by atoms with Gasteiger partial charge >= 0.3 is 18.4 Å². The predicted octanol–water partition coefficient (Wildman–Crippen LogP) is 5.32. The fourth-order valence-corrected chi connectivity index (χ4v) is 3.91. The van der Waals surface area contributed by atoms with Crippen LogP contribution in [0.25, 0.3) is 10.9 Å². The van der Waals surface area contributed by atoms with Crippen LogP contribution in [0.15, 0.2) is 24.3 Å². The Labute approximate surface area is 155 Å². The topological polar surface area (TPSA) is 42.4 Å². The van der Waals surface area contributed by atoms with Crippen molar-refractivity contribution in [2.24, 2.45) is 0 Å². The molecule has 2 atom stereocenters. The lowest BCUT2D eigenvalue weighted by Gasteiger charge is -2.29. The summed E-state index contributed by atoms with van der Waals surface area (Å²) in [6.45, 7) is 0.406. The van der Waals surface area contributed by atoms with Crippen molar-refractivity contribution in [1.82, 2.24) is 9.88 Å². The van der Waals surface area contributed by atoms with E-state index in [1.165, 1.54) is 11.0 Å². The summed E-state index contributed by atoms with van der Waals surface area (Å²) in [4.78, 5) is 16.8. The molecule has 0 unspecified atom stereocenters. The SMILES string of the molecule is O=C1O[C@H](c2cc(C(F)(F)F)nc3c(C(F)(F)F)cccc23)[C@@H]2CCCCN12. The molecule has 28 heavy (non-hydrogen) atoms. The number of aromatic nitrogens is 1. The quantitative estimate of drug-likeness (QED) is 0.605. The number of amides is 1. The van der Waals surface area contributed by atoms with Crippen molar-refractivity contribution in [2.45, 2.75) is 43.8 Å². The summed E-state index contributed by atoms with van der Waals surface area (Å²) in [7, 11) is 0. The summed E-state index contributed by atoms with van der Waals surface area (Å²) < 4.78 is 85.5. The van der Waals surface area contributed by atoms with Crippen molar-refractivity contribution < 1.29 is 35.9 Å². The number of ether oxygens (including phenoxy) is 1. The molecule has 0 saturated carbocycles. The van der Waals surface area contributed by atoms with Crippen molar-refractivity contribution in [2.75, 3.05) is 6.54 Å². The average Bonchev–Trinajstić information content (AvgIpc) is 2.96. The molecule has 1 aromatic heterocycles. The first-order chi connectivity index (χ1) is 13.1. The Kier molecular flexibility index (Phi) is 4.20. The molecule has 2 aromatic rings. The van der Waals surface area contributed by atoms with E-state index in [-0.39, 0.29) is 10.9 Å². The van der Waals surface area contributed by atoms with E-state index in [9.17, 15) is 31.1 Å². The number of pyridine rings is 1. The van der Waals surface area contributed by atoms with Gasteiger partial charge in [-0.15, -0.1) is 0 Å². The standard InChI is InChI=1S/C18H14F6N2O2/c19-17(20,21)11-5-3-4-9-10(8-13(18(22,23)24)25-14(9)11)15-12-6-1-2-7-26(12)16(27)28-15/h3-5,8,12,15H,1-2,6-7H2/t12-,15+/m0/s1. The Morgan fingerprint density at radius 1 is 1.07 bits per heavy atom. The molecule has 2 aliphatic rings. The van der Waals surface area contributed by atoms with E-state index in [4.69, 9.17) is 4.74 Å². The number of piperidine rings is 1.